The van der Waals surface area contributed by atoms with Crippen LogP contribution in [0.1, 0.15) is 29.7 Å². The number of nitrogens with zero attached hydrogens (tertiary/aromatic N) is 6. The zero-order valence-corrected chi connectivity index (χ0v) is 22.1. The molecule has 5 rings (SSSR count). The number of carbonyl (C=O) groups is 1. The number of pyridine rings is 1. The highest BCUT2D eigenvalue weighted by atomic mass is 79.9. The maximum absolute atomic E-state index is 14.4. The molecule has 0 aliphatic carbocycles. The van der Waals surface area contributed by atoms with E-state index in [0.717, 1.165) is 22.0 Å². The number of aryl methyl sites for hydroxylation is 1. The maximum Gasteiger partial charge on any atom is 0.180 e. The first-order chi connectivity index (χ1) is 17.8. The third-order valence-corrected chi connectivity index (χ3v) is 7.01. The molecule has 1 saturated heterocycles. The van der Waals surface area contributed by atoms with E-state index in [-0.39, 0.29) is 18.7 Å². The molecule has 9 nitrogen and oxygen atoms in total. The number of fused-ring (bicyclic) bond motifs is 1. The monoisotopic (exact) mass is 567 g/mol. The van der Waals surface area contributed by atoms with Crippen LogP contribution in [0.4, 0.5) is 10.2 Å². The summed E-state index contributed by atoms with van der Waals surface area (Å²) >= 11 is 3.32. The van der Waals surface area contributed by atoms with Gasteiger partial charge in [0.25, 0.3) is 0 Å². The van der Waals surface area contributed by atoms with Crippen LogP contribution in [-0.2, 0) is 6.54 Å². The lowest BCUT2D eigenvalue weighted by Gasteiger charge is -2.29. The predicted octanol–water partition coefficient (Wildman–Crippen LogP) is 4.00. The van der Waals surface area contributed by atoms with Crippen LogP contribution in [-0.4, -0.2) is 72.1 Å². The van der Waals surface area contributed by atoms with Crippen molar-refractivity contribution in [3.05, 3.63) is 64.9 Å². The van der Waals surface area contributed by atoms with Gasteiger partial charge in [0.15, 0.2) is 5.78 Å². The maximum atomic E-state index is 14.4. The van der Waals surface area contributed by atoms with Crippen molar-refractivity contribution in [3.8, 4) is 11.1 Å². The number of rotatable bonds is 8. The van der Waals surface area contributed by atoms with Gasteiger partial charge in [0.05, 0.1) is 18.1 Å². The molecule has 2 N–H and O–H groups in total. The minimum absolute atomic E-state index is 0.134. The summed E-state index contributed by atoms with van der Waals surface area (Å²) in [6, 6.07) is 10.7. The molecule has 1 aromatic carbocycles. The fourth-order valence-electron chi connectivity index (χ4n) is 4.75. The summed E-state index contributed by atoms with van der Waals surface area (Å²) in [6.45, 7) is 4.43. The molecule has 0 bridgehead atoms. The second-order valence-corrected chi connectivity index (χ2v) is 10.0. The zero-order chi connectivity index (χ0) is 26.1. The van der Waals surface area contributed by atoms with Crippen molar-refractivity contribution in [2.75, 3.05) is 18.4 Å². The Labute approximate surface area is 221 Å². The minimum Gasteiger partial charge on any atom is -0.372 e. The molecule has 0 radical (unpaired) electrons. The van der Waals surface area contributed by atoms with Crippen LogP contribution in [0, 0.1) is 6.92 Å². The smallest absolute Gasteiger partial charge is 0.180 e. The number of ketones is 1. The fourth-order valence-corrected chi connectivity index (χ4v) is 5.10. The molecule has 37 heavy (non-hydrogen) atoms. The Hall–Kier alpha value is -3.28. The first kappa shape index (κ1) is 25.4. The zero-order valence-electron chi connectivity index (χ0n) is 20.5. The Morgan fingerprint density at radius 2 is 2.00 bits per heavy atom. The van der Waals surface area contributed by atoms with Crippen LogP contribution in [0.5, 0.6) is 0 Å². The molecule has 3 aromatic heterocycles. The lowest BCUT2D eigenvalue weighted by atomic mass is 10.0. The second-order valence-electron chi connectivity index (χ2n) is 9.21. The quantitative estimate of drug-likeness (QED) is 0.187. The van der Waals surface area contributed by atoms with Crippen LogP contribution < -0.4 is 5.32 Å². The van der Waals surface area contributed by atoms with Gasteiger partial charge in [-0.1, -0.05) is 12.1 Å². The minimum atomic E-state index is -1.04. The van der Waals surface area contributed by atoms with Gasteiger partial charge in [-0.15, -0.1) is 0 Å². The van der Waals surface area contributed by atoms with E-state index in [1.54, 1.807) is 29.2 Å². The third kappa shape index (κ3) is 5.53. The Balaban J connectivity index is 1.36. The average molecular weight is 568 g/mol. The topological polar surface area (TPSA) is 109 Å². The van der Waals surface area contributed by atoms with Gasteiger partial charge in [0, 0.05) is 43.4 Å². The number of hydrogen-bond donors (Lipinski definition) is 2. The van der Waals surface area contributed by atoms with Crippen molar-refractivity contribution in [2.24, 2.45) is 0 Å². The summed E-state index contributed by atoms with van der Waals surface area (Å²) in [6.07, 6.45) is 1.68. The molecule has 3 atom stereocenters. The van der Waals surface area contributed by atoms with Gasteiger partial charge in [-0.05, 0) is 59.1 Å². The molecular formula is C26H27BrFN7O2. The van der Waals surface area contributed by atoms with Crippen molar-refractivity contribution < 1.29 is 14.3 Å². The molecule has 1 unspecified atom stereocenters. The number of aromatic nitrogens is 5. The van der Waals surface area contributed by atoms with Gasteiger partial charge in [0.2, 0.25) is 0 Å². The number of aliphatic hydroxyl groups excluding tert-OH is 1. The van der Waals surface area contributed by atoms with E-state index in [4.69, 9.17) is 0 Å². The average Bonchev–Trinajstić information content (AvgIpc) is 3.43. The molecule has 1 aliphatic rings. The lowest BCUT2D eigenvalue weighted by Crippen LogP contribution is -2.44. The van der Waals surface area contributed by atoms with E-state index >= 15 is 0 Å². The summed E-state index contributed by atoms with van der Waals surface area (Å²) in [5, 5.41) is 19.1. The Bertz CT molecular complexity index is 1430. The molecule has 0 amide bonds. The first-order valence-corrected chi connectivity index (χ1v) is 12.8. The number of hydrogen-bond acceptors (Lipinski definition) is 8. The number of halogens is 2. The molecule has 0 spiro atoms. The Kier molecular flexibility index (Phi) is 7.27. The predicted molar refractivity (Wildman–Crippen MR) is 142 cm³/mol. The summed E-state index contributed by atoms with van der Waals surface area (Å²) < 4.78 is 16.8. The van der Waals surface area contributed by atoms with E-state index in [1.165, 1.54) is 6.92 Å². The van der Waals surface area contributed by atoms with Gasteiger partial charge >= 0.3 is 0 Å². The van der Waals surface area contributed by atoms with Crippen LogP contribution in [0.2, 0.25) is 0 Å². The summed E-state index contributed by atoms with van der Waals surface area (Å²) in [7, 11) is 0. The van der Waals surface area contributed by atoms with Crippen molar-refractivity contribution in [2.45, 2.75) is 45.3 Å². The molecule has 11 heteroatoms. The molecule has 4 heterocycles. The van der Waals surface area contributed by atoms with Gasteiger partial charge in [-0.25, -0.2) is 19.3 Å². The van der Waals surface area contributed by atoms with Crippen LogP contribution in [0.3, 0.4) is 0 Å². The summed E-state index contributed by atoms with van der Waals surface area (Å²) in [5.74, 6) is 1.05. The highest BCUT2D eigenvalue weighted by Crippen LogP contribution is 2.28. The normalized spacial score (nSPS) is 18.8. The number of benzene rings is 1. The number of Topliss-reactive ketones (excluding diaryl/α,β-unsaturated/α-hetero) is 1. The SMILES string of the molecule is CC(=O)c1nn(CCN2C[C@H](F)C[C@H]2C(O)Nc2cccc(Br)n2)c2ccc(-c3cnc(C)nc3)cc12. The standard InChI is InChI=1S/C26H27BrFN7O2/c1-15(36)25-20-10-17(18-12-29-16(2)30-13-18)6-7-21(20)35(33-25)9-8-34-14-19(28)11-22(34)26(37)32-24-5-3-4-23(27)31-24/h3-7,10,12-13,19,22,26,37H,8-9,11,14H2,1-2H3,(H,31,32)/t19-,22+,26?/m1/s1. The molecule has 1 aliphatic heterocycles. The van der Waals surface area contributed by atoms with E-state index in [1.807, 2.05) is 36.1 Å². The number of anilines is 1. The molecule has 0 saturated carbocycles. The molecule has 192 valence electrons. The van der Waals surface area contributed by atoms with Gasteiger partial charge in [-0.3, -0.25) is 14.4 Å². The number of likely N-dealkylation sites (tertiary alicyclic amines) is 1. The van der Waals surface area contributed by atoms with E-state index in [2.05, 4.69) is 41.3 Å². The highest BCUT2D eigenvalue weighted by molar-refractivity contribution is 9.10. The van der Waals surface area contributed by atoms with Crippen molar-refractivity contribution in [1.82, 2.24) is 29.6 Å². The number of alkyl halides is 1. The van der Waals surface area contributed by atoms with Crippen molar-refractivity contribution in [1.29, 1.82) is 0 Å². The number of nitrogens with one attached hydrogen (secondary N) is 1. The second kappa shape index (κ2) is 10.6. The van der Waals surface area contributed by atoms with Gasteiger partial charge in [-0.2, -0.15) is 5.10 Å². The molecular weight excluding hydrogens is 541 g/mol. The van der Waals surface area contributed by atoms with E-state index in [9.17, 15) is 14.3 Å². The summed E-state index contributed by atoms with van der Waals surface area (Å²) in [5.41, 5.74) is 2.94. The summed E-state index contributed by atoms with van der Waals surface area (Å²) in [4.78, 5) is 27.1. The number of aliphatic hydroxyl groups is 1. The first-order valence-electron chi connectivity index (χ1n) is 12.0. The van der Waals surface area contributed by atoms with E-state index in [0.29, 0.717) is 35.0 Å². The Morgan fingerprint density at radius 1 is 1.22 bits per heavy atom. The van der Waals surface area contributed by atoms with Gasteiger partial charge < -0.3 is 10.4 Å². The van der Waals surface area contributed by atoms with Crippen molar-refractivity contribution in [3.63, 3.8) is 0 Å². The highest BCUT2D eigenvalue weighted by Gasteiger charge is 2.37. The van der Waals surface area contributed by atoms with Crippen LogP contribution in [0.15, 0.2) is 53.4 Å². The van der Waals surface area contributed by atoms with Gasteiger partial charge in [0.1, 0.15) is 34.3 Å². The van der Waals surface area contributed by atoms with E-state index < -0.39 is 18.4 Å². The third-order valence-electron chi connectivity index (χ3n) is 6.57. The Morgan fingerprint density at radius 3 is 2.73 bits per heavy atom. The van der Waals surface area contributed by atoms with Crippen molar-refractivity contribution >= 4 is 38.4 Å². The number of carbonyl (C=O) groups excluding carboxylic acids is 1. The lowest BCUT2D eigenvalue weighted by molar-refractivity contribution is 0.0902. The largest absolute Gasteiger partial charge is 0.372 e. The van der Waals surface area contributed by atoms with Crippen LogP contribution in [0.25, 0.3) is 22.0 Å². The fraction of sp³-hybridized carbons (Fsp3) is 0.346. The molecule has 1 fully saturated rings. The molecule has 4 aromatic rings. The van der Waals surface area contributed by atoms with Crippen LogP contribution >= 0.6 is 15.9 Å².